The van der Waals surface area contributed by atoms with Crippen LogP contribution in [0.25, 0.3) is 12.2 Å². The Labute approximate surface area is 318 Å². The molecule has 18 nitrogen and oxygen atoms in total. The molecule has 56 heavy (non-hydrogen) atoms. The zero-order chi connectivity index (χ0) is 40.3. The van der Waals surface area contributed by atoms with Crippen LogP contribution in [0.1, 0.15) is 29.7 Å². The third-order valence-corrected chi connectivity index (χ3v) is 9.05. The molecule has 9 N–H and O–H groups in total. The third-order valence-electron chi connectivity index (χ3n) is 9.05. The topological polar surface area (TPSA) is 281 Å². The van der Waals surface area contributed by atoms with Crippen molar-refractivity contribution in [2.24, 2.45) is 0 Å². The Morgan fingerprint density at radius 1 is 0.679 bits per heavy atom. The molecule has 3 aliphatic rings. The Balaban J connectivity index is 1.26. The van der Waals surface area contributed by atoms with Crippen LogP contribution in [-0.2, 0) is 33.3 Å². The van der Waals surface area contributed by atoms with Crippen molar-refractivity contribution in [3.8, 4) is 28.7 Å². The first-order chi connectivity index (χ1) is 26.7. The first kappa shape index (κ1) is 40.2. The molecule has 3 heterocycles. The number of phenolic OH excluding ortho intramolecular Hbond substituents is 3. The predicted octanol–water partition coefficient (Wildman–Crippen LogP) is 0.108. The number of carbonyl (C=O) groups excluding carboxylic acids is 2. The number of benzene rings is 3. The van der Waals surface area contributed by atoms with Gasteiger partial charge in [0.05, 0.1) is 5.56 Å². The number of carbonyl (C=O) groups is 2. The van der Waals surface area contributed by atoms with E-state index in [0.717, 1.165) is 19.1 Å². The van der Waals surface area contributed by atoms with Crippen LogP contribution in [0.5, 0.6) is 28.7 Å². The molecule has 2 saturated heterocycles. The van der Waals surface area contributed by atoms with Gasteiger partial charge in [-0.15, -0.1) is 0 Å². The van der Waals surface area contributed by atoms with E-state index in [-0.39, 0.29) is 40.1 Å². The van der Waals surface area contributed by atoms with Gasteiger partial charge in [0.2, 0.25) is 12.6 Å². The normalized spacial score (nSPS) is 30.1. The maximum Gasteiger partial charge on any atom is 0.330 e. The van der Waals surface area contributed by atoms with E-state index in [9.17, 15) is 55.5 Å². The van der Waals surface area contributed by atoms with E-state index in [4.69, 9.17) is 33.2 Å². The lowest BCUT2D eigenvalue weighted by Crippen LogP contribution is -2.60. The number of aliphatic hydroxyl groups excluding tert-OH is 6. The van der Waals surface area contributed by atoms with Gasteiger partial charge < -0.3 is 79.1 Å². The second-order valence-corrected chi connectivity index (χ2v) is 13.1. The van der Waals surface area contributed by atoms with E-state index in [1.807, 2.05) is 0 Å². The van der Waals surface area contributed by atoms with Gasteiger partial charge in [-0.2, -0.15) is 0 Å². The SMILES string of the molecule is CC(=O)OC[C@@H]1O[C@@H](Oc2cc(O)cc3c2C=C(O[C@@H]2O[C@@H](COC(=O)/C=C/c4ccc(O)cc4)[C@@H](O)[C@@H](O)[C@@H]2O)C(c2ccc(O)cc2)O3)[C@H](O)[C@@H](O)[C@@H]1O. The molecule has 2 fully saturated rings. The number of aliphatic hydroxyl groups is 6. The lowest BCUT2D eigenvalue weighted by atomic mass is 9.98. The monoisotopic (exact) mass is 784 g/mol. The summed E-state index contributed by atoms with van der Waals surface area (Å²) in [6.45, 7) is 0.0539. The van der Waals surface area contributed by atoms with Crippen molar-refractivity contribution in [2.75, 3.05) is 13.2 Å². The summed E-state index contributed by atoms with van der Waals surface area (Å²) in [5, 5.41) is 94.1. The van der Waals surface area contributed by atoms with Crippen LogP contribution in [0.2, 0.25) is 0 Å². The average Bonchev–Trinajstić information content (AvgIpc) is 3.17. The van der Waals surface area contributed by atoms with Gasteiger partial charge in [0.25, 0.3) is 0 Å². The summed E-state index contributed by atoms with van der Waals surface area (Å²) in [5.74, 6) is -2.24. The van der Waals surface area contributed by atoms with Crippen molar-refractivity contribution in [3.05, 3.63) is 89.2 Å². The van der Waals surface area contributed by atoms with Gasteiger partial charge in [-0.25, -0.2) is 4.79 Å². The fourth-order valence-corrected chi connectivity index (χ4v) is 6.03. The van der Waals surface area contributed by atoms with Gasteiger partial charge in [0.15, 0.2) is 6.10 Å². The number of esters is 2. The Kier molecular flexibility index (Phi) is 12.3. The number of rotatable bonds is 11. The molecule has 0 saturated carbocycles. The smallest absolute Gasteiger partial charge is 0.330 e. The van der Waals surface area contributed by atoms with Crippen molar-refractivity contribution < 1.29 is 88.7 Å². The highest BCUT2D eigenvalue weighted by Gasteiger charge is 2.48. The van der Waals surface area contributed by atoms with Crippen molar-refractivity contribution in [2.45, 2.75) is 74.4 Å². The molecule has 3 aromatic rings. The van der Waals surface area contributed by atoms with Gasteiger partial charge in [-0.1, -0.05) is 24.3 Å². The Bertz CT molecular complexity index is 1910. The quantitative estimate of drug-likeness (QED) is 0.0921. The standard InChI is InChI=1S/C38H40O18/c1-17(39)50-15-27-30(44)32(46)34(48)37(55-27)53-25-13-22(42)12-24-23(25)14-26(36(52-24)19-5-9-21(41)10-6-19)54-38-35(49)33(47)31(45)28(56-38)16-51-29(43)11-4-18-2-7-20(40)8-3-18/h2-14,27-28,30-38,40-42,44-49H,15-16H2,1H3/b11-4+/t27-,28-,30+,31+,32-,33+,34+,35-,36?,37+,38+/m0/s1. The number of phenols is 3. The summed E-state index contributed by atoms with van der Waals surface area (Å²) in [7, 11) is 0. The Morgan fingerprint density at radius 3 is 1.82 bits per heavy atom. The summed E-state index contributed by atoms with van der Waals surface area (Å²) >= 11 is 0. The lowest BCUT2D eigenvalue weighted by Gasteiger charge is -2.41. The minimum atomic E-state index is -1.86. The second kappa shape index (κ2) is 17.1. The van der Waals surface area contributed by atoms with Crippen LogP contribution < -0.4 is 9.47 Å². The summed E-state index contributed by atoms with van der Waals surface area (Å²) in [5.41, 5.74) is 1.04. The fraction of sp³-hybridized carbons (Fsp3) is 0.368. The van der Waals surface area contributed by atoms with Crippen molar-refractivity contribution in [1.82, 2.24) is 0 Å². The molecule has 300 valence electrons. The number of fused-ring (bicyclic) bond motifs is 1. The largest absolute Gasteiger partial charge is 0.508 e. The zero-order valence-electron chi connectivity index (χ0n) is 29.5. The van der Waals surface area contributed by atoms with Gasteiger partial charge in [-0.05, 0) is 42.0 Å². The number of hydrogen-bond donors (Lipinski definition) is 9. The molecule has 0 bridgehead atoms. The maximum atomic E-state index is 12.5. The molecule has 1 unspecified atom stereocenters. The van der Waals surface area contributed by atoms with Crippen molar-refractivity contribution in [3.63, 3.8) is 0 Å². The molecule has 3 aliphatic heterocycles. The molecule has 11 atom stereocenters. The molecule has 0 amide bonds. The summed E-state index contributed by atoms with van der Waals surface area (Å²) < 4.78 is 39.8. The Hall–Kier alpha value is -5.44. The Morgan fingerprint density at radius 2 is 1.23 bits per heavy atom. The molecule has 0 spiro atoms. The van der Waals surface area contributed by atoms with Crippen LogP contribution in [-0.4, -0.2) is 133 Å². The highest BCUT2D eigenvalue weighted by Crippen LogP contribution is 2.46. The molecular formula is C38H40O18. The molecule has 0 aliphatic carbocycles. The van der Waals surface area contributed by atoms with E-state index in [1.165, 1.54) is 54.6 Å². The van der Waals surface area contributed by atoms with Gasteiger partial charge in [-0.3, -0.25) is 4.79 Å². The van der Waals surface area contributed by atoms with Gasteiger partial charge in [0.1, 0.15) is 96.6 Å². The molecule has 0 aromatic heterocycles. The fourth-order valence-electron chi connectivity index (χ4n) is 6.03. The summed E-state index contributed by atoms with van der Waals surface area (Å²) in [6, 6.07) is 14.0. The molecule has 6 rings (SSSR count). The second-order valence-electron chi connectivity index (χ2n) is 13.1. The van der Waals surface area contributed by atoms with E-state index in [0.29, 0.717) is 11.1 Å². The third kappa shape index (κ3) is 9.15. The number of aromatic hydroxyl groups is 3. The minimum Gasteiger partial charge on any atom is -0.508 e. The number of ether oxygens (including phenoxy) is 7. The van der Waals surface area contributed by atoms with Crippen LogP contribution >= 0.6 is 0 Å². The molecular weight excluding hydrogens is 744 g/mol. The molecule has 18 heteroatoms. The number of hydrogen-bond acceptors (Lipinski definition) is 18. The van der Waals surface area contributed by atoms with E-state index >= 15 is 0 Å². The first-order valence-electron chi connectivity index (χ1n) is 17.2. The van der Waals surface area contributed by atoms with Crippen molar-refractivity contribution >= 4 is 24.1 Å². The summed E-state index contributed by atoms with van der Waals surface area (Å²) in [6.07, 6.45) is -14.2. The molecule has 0 radical (unpaired) electrons. The molecule has 3 aromatic carbocycles. The van der Waals surface area contributed by atoms with Crippen LogP contribution in [0.3, 0.4) is 0 Å². The maximum absolute atomic E-state index is 12.5. The van der Waals surface area contributed by atoms with Crippen LogP contribution in [0, 0.1) is 0 Å². The average molecular weight is 785 g/mol. The van der Waals surface area contributed by atoms with E-state index in [2.05, 4.69) is 0 Å². The van der Waals surface area contributed by atoms with E-state index < -0.39 is 92.7 Å². The van der Waals surface area contributed by atoms with Crippen molar-refractivity contribution in [1.29, 1.82) is 0 Å². The van der Waals surface area contributed by atoms with Crippen LogP contribution in [0.15, 0.2) is 72.5 Å². The summed E-state index contributed by atoms with van der Waals surface area (Å²) in [4.78, 5) is 23.8. The zero-order valence-corrected chi connectivity index (χ0v) is 29.5. The van der Waals surface area contributed by atoms with E-state index in [1.54, 1.807) is 12.1 Å². The van der Waals surface area contributed by atoms with Gasteiger partial charge >= 0.3 is 11.9 Å². The first-order valence-corrected chi connectivity index (χ1v) is 17.2. The lowest BCUT2D eigenvalue weighted by molar-refractivity contribution is -0.294. The van der Waals surface area contributed by atoms with Crippen LogP contribution in [0.4, 0.5) is 0 Å². The minimum absolute atomic E-state index is 0.00140. The van der Waals surface area contributed by atoms with Gasteiger partial charge in [0, 0.05) is 30.7 Å². The predicted molar refractivity (Wildman–Crippen MR) is 187 cm³/mol. The highest BCUT2D eigenvalue weighted by atomic mass is 16.7. The highest BCUT2D eigenvalue weighted by molar-refractivity contribution is 5.87.